The van der Waals surface area contributed by atoms with Crippen molar-refractivity contribution in [2.24, 2.45) is 0 Å². The Balaban J connectivity index is 1.23. The van der Waals surface area contributed by atoms with Crippen molar-refractivity contribution in [3.63, 3.8) is 0 Å². The quantitative estimate of drug-likeness (QED) is 0.171. The standard InChI is InChI=1S/C39H40F2N8O8S2/c1-4-33-35-34(12-14-48(33)59(56,57)30-20-26(40)19-27(41)21-30)49(39(52)53)44-36(35)43-38(51)31-10-7-28(46-17-15-45(3)16-18-46)22-32(31)42-37(50)25-11-13-47(23-25)58(54,55)29-8-5-24(2)6-9-29/h5-11,13,19-23,33H,4,12,14-18H2,1-3H3,(H,42,50)(H,52,53)(H,43,44,51). The average molecular weight is 851 g/mol. The number of aryl methyl sites for hydroxylation is 1. The van der Waals surface area contributed by atoms with E-state index in [9.17, 15) is 45.1 Å². The van der Waals surface area contributed by atoms with Gasteiger partial charge in [-0.1, -0.05) is 24.6 Å². The second-order valence-corrected chi connectivity index (χ2v) is 18.0. The first kappa shape index (κ1) is 41.2. The molecular weight excluding hydrogens is 811 g/mol. The Morgan fingerprint density at radius 3 is 2.15 bits per heavy atom. The number of fused-ring (bicyclic) bond motifs is 1. The number of anilines is 3. The van der Waals surface area contributed by atoms with Crippen molar-refractivity contribution >= 4 is 55.1 Å². The van der Waals surface area contributed by atoms with Crippen LogP contribution in [0.1, 0.15) is 56.9 Å². The number of carbonyl (C=O) groups is 3. The smallest absolute Gasteiger partial charge is 0.432 e. The molecule has 2 aliphatic heterocycles. The maximum Gasteiger partial charge on any atom is 0.432 e. The van der Waals surface area contributed by atoms with Gasteiger partial charge < -0.3 is 25.5 Å². The molecule has 1 atom stereocenters. The fraction of sp³-hybridized carbons (Fsp3) is 0.282. The minimum absolute atomic E-state index is 0.0194. The van der Waals surface area contributed by atoms with E-state index in [-0.39, 0.29) is 58.2 Å². The van der Waals surface area contributed by atoms with Gasteiger partial charge in [-0.2, -0.15) is 8.99 Å². The number of benzene rings is 3. The molecule has 0 aliphatic carbocycles. The van der Waals surface area contributed by atoms with Gasteiger partial charge in [0.2, 0.25) is 10.0 Å². The maximum absolute atomic E-state index is 14.3. The first-order chi connectivity index (χ1) is 28.0. The number of nitrogens with one attached hydrogen (secondary N) is 2. The number of halogens is 2. The first-order valence-electron chi connectivity index (χ1n) is 18.5. The summed E-state index contributed by atoms with van der Waals surface area (Å²) in [6, 6.07) is 13.1. The number of piperazine rings is 1. The Kier molecular flexibility index (Phi) is 11.2. The van der Waals surface area contributed by atoms with Crippen molar-refractivity contribution in [1.82, 2.24) is 23.0 Å². The van der Waals surface area contributed by atoms with E-state index >= 15 is 0 Å². The molecule has 2 aliphatic rings. The monoisotopic (exact) mass is 850 g/mol. The van der Waals surface area contributed by atoms with E-state index < -0.39 is 60.5 Å². The van der Waals surface area contributed by atoms with Gasteiger partial charge in [-0.25, -0.2) is 34.4 Å². The second kappa shape index (κ2) is 16.0. The molecule has 0 bridgehead atoms. The average Bonchev–Trinajstić information content (AvgIpc) is 3.84. The van der Waals surface area contributed by atoms with E-state index in [0.29, 0.717) is 41.7 Å². The Labute approximate surface area is 338 Å². The molecule has 2 aromatic heterocycles. The van der Waals surface area contributed by atoms with Crippen LogP contribution in [0.2, 0.25) is 0 Å². The lowest BCUT2D eigenvalue weighted by atomic mass is 9.98. The molecule has 0 radical (unpaired) electrons. The highest BCUT2D eigenvalue weighted by Gasteiger charge is 2.41. The van der Waals surface area contributed by atoms with Crippen LogP contribution in [0.5, 0.6) is 0 Å². The van der Waals surface area contributed by atoms with Crippen LogP contribution in [0.25, 0.3) is 0 Å². The highest BCUT2D eigenvalue weighted by Crippen LogP contribution is 2.41. The third kappa shape index (κ3) is 8.07. The van der Waals surface area contributed by atoms with Crippen LogP contribution >= 0.6 is 0 Å². The van der Waals surface area contributed by atoms with Gasteiger partial charge in [0, 0.05) is 68.9 Å². The normalized spacial score (nSPS) is 16.4. The summed E-state index contributed by atoms with van der Waals surface area (Å²) in [6.07, 6.45) is 0.777. The van der Waals surface area contributed by atoms with Crippen molar-refractivity contribution in [2.45, 2.75) is 42.5 Å². The number of carbonyl (C=O) groups excluding carboxylic acids is 2. The Hall–Kier alpha value is -5.96. The molecule has 1 fully saturated rings. The number of carboxylic acid groups (broad SMARTS) is 1. The van der Waals surface area contributed by atoms with Gasteiger partial charge in [0.05, 0.1) is 38.3 Å². The summed E-state index contributed by atoms with van der Waals surface area (Å²) >= 11 is 0. The van der Waals surface area contributed by atoms with Crippen LogP contribution in [0.15, 0.2) is 88.9 Å². The van der Waals surface area contributed by atoms with E-state index in [1.807, 2.05) is 14.0 Å². The summed E-state index contributed by atoms with van der Waals surface area (Å²) in [6.45, 7) is 6.00. The van der Waals surface area contributed by atoms with E-state index in [2.05, 4.69) is 25.5 Å². The van der Waals surface area contributed by atoms with E-state index in [4.69, 9.17) is 0 Å². The van der Waals surface area contributed by atoms with Gasteiger partial charge in [-0.3, -0.25) is 9.59 Å². The number of rotatable bonds is 10. The predicted octanol–water partition coefficient (Wildman–Crippen LogP) is 4.99. The van der Waals surface area contributed by atoms with E-state index in [1.165, 1.54) is 30.5 Å². The second-order valence-electron chi connectivity index (χ2n) is 14.3. The topological polar surface area (TPSA) is 196 Å². The predicted molar refractivity (Wildman–Crippen MR) is 213 cm³/mol. The maximum atomic E-state index is 14.3. The number of aromatic nitrogens is 3. The summed E-state index contributed by atoms with van der Waals surface area (Å²) in [4.78, 5) is 44.0. The molecule has 20 heteroatoms. The molecule has 0 spiro atoms. The minimum Gasteiger partial charge on any atom is -0.463 e. The van der Waals surface area contributed by atoms with Crippen molar-refractivity contribution in [3.8, 4) is 0 Å². The van der Waals surface area contributed by atoms with Crippen molar-refractivity contribution < 1.29 is 45.1 Å². The fourth-order valence-electron chi connectivity index (χ4n) is 7.29. The van der Waals surface area contributed by atoms with Gasteiger partial charge in [0.25, 0.3) is 21.8 Å². The summed E-state index contributed by atoms with van der Waals surface area (Å²) in [5.74, 6) is -4.06. The zero-order valence-electron chi connectivity index (χ0n) is 32.1. The third-order valence-electron chi connectivity index (χ3n) is 10.4. The molecule has 0 saturated carbocycles. The molecule has 3 aromatic carbocycles. The van der Waals surface area contributed by atoms with Crippen LogP contribution in [-0.4, -0.2) is 103 Å². The van der Waals surface area contributed by atoms with Crippen LogP contribution < -0.4 is 15.5 Å². The Morgan fingerprint density at radius 1 is 0.831 bits per heavy atom. The van der Waals surface area contributed by atoms with Crippen LogP contribution in [-0.2, 0) is 26.5 Å². The van der Waals surface area contributed by atoms with Gasteiger partial charge in [0.15, 0.2) is 5.82 Å². The van der Waals surface area contributed by atoms with Crippen molar-refractivity contribution in [1.29, 1.82) is 0 Å². The van der Waals surface area contributed by atoms with Gasteiger partial charge >= 0.3 is 6.09 Å². The Morgan fingerprint density at radius 2 is 1.51 bits per heavy atom. The highest BCUT2D eigenvalue weighted by atomic mass is 32.2. The van der Waals surface area contributed by atoms with Gasteiger partial charge in [-0.05, 0) is 68.9 Å². The summed E-state index contributed by atoms with van der Waals surface area (Å²) in [5.41, 5.74) is 1.66. The van der Waals surface area contributed by atoms with Crippen LogP contribution in [0, 0.1) is 18.6 Å². The largest absolute Gasteiger partial charge is 0.463 e. The van der Waals surface area contributed by atoms with Gasteiger partial charge in [-0.15, -0.1) is 5.10 Å². The van der Waals surface area contributed by atoms with Gasteiger partial charge in [0.1, 0.15) is 11.6 Å². The molecule has 16 nitrogen and oxygen atoms in total. The van der Waals surface area contributed by atoms with Crippen molar-refractivity contribution in [2.75, 3.05) is 55.3 Å². The molecule has 2 amide bonds. The molecule has 5 aromatic rings. The molecule has 4 heterocycles. The molecular formula is C39H40F2N8O8S2. The summed E-state index contributed by atoms with van der Waals surface area (Å²) in [5, 5.41) is 19.6. The van der Waals surface area contributed by atoms with Crippen LogP contribution in [0.3, 0.4) is 0 Å². The highest BCUT2D eigenvalue weighted by molar-refractivity contribution is 7.90. The number of amides is 2. The third-order valence-corrected chi connectivity index (χ3v) is 13.9. The number of likely N-dealkylation sites (N-methyl/N-ethyl adjacent to an activating group) is 1. The lowest BCUT2D eigenvalue weighted by Crippen LogP contribution is -2.44. The fourth-order valence-corrected chi connectivity index (χ4v) is 10.2. The molecule has 7 rings (SSSR count). The number of nitrogens with zero attached hydrogens (tertiary/aromatic N) is 6. The van der Waals surface area contributed by atoms with E-state index in [1.54, 1.807) is 31.2 Å². The number of sulfonamides is 1. The first-order valence-corrected chi connectivity index (χ1v) is 21.4. The van der Waals surface area contributed by atoms with E-state index in [0.717, 1.165) is 33.1 Å². The van der Waals surface area contributed by atoms with Crippen molar-refractivity contribution in [3.05, 3.63) is 119 Å². The minimum atomic E-state index is -4.55. The number of hydrogen-bond donors (Lipinski definition) is 3. The molecule has 59 heavy (non-hydrogen) atoms. The summed E-state index contributed by atoms with van der Waals surface area (Å²) in [7, 11) is -6.60. The lowest BCUT2D eigenvalue weighted by molar-refractivity contribution is 0.102. The summed E-state index contributed by atoms with van der Waals surface area (Å²) < 4.78 is 85.2. The molecule has 1 saturated heterocycles. The SMILES string of the molecule is CCC1c2c(NC(=O)c3ccc(N4CCN(C)CC4)cc3NC(=O)c3ccn(S(=O)(=O)c4ccc(C)cc4)c3)nn(C(=O)O)c2CCN1S(=O)(=O)c1cc(F)cc(F)c1. The molecule has 3 N–H and O–H groups in total. The zero-order valence-corrected chi connectivity index (χ0v) is 33.7. The van der Waals surface area contributed by atoms with Crippen LogP contribution in [0.4, 0.5) is 30.8 Å². The lowest BCUT2D eigenvalue weighted by Gasteiger charge is -2.34. The Bertz CT molecular complexity index is 2670. The molecule has 1 unspecified atom stereocenters. The number of hydrogen-bond acceptors (Lipinski definition) is 10. The zero-order chi connectivity index (χ0) is 42.4. The molecule has 310 valence electrons.